The molecule has 0 heterocycles. The van der Waals surface area contributed by atoms with Crippen molar-refractivity contribution >= 4 is 12.6 Å². The second kappa shape index (κ2) is 3.59. The van der Waals surface area contributed by atoms with Gasteiger partial charge in [-0.1, -0.05) is 0 Å². The van der Waals surface area contributed by atoms with Crippen molar-refractivity contribution in [1.82, 2.24) is 0 Å². The smallest absolute Gasteiger partial charge is 0.0779 e. The zero-order valence-corrected chi connectivity index (χ0v) is 6.46. The van der Waals surface area contributed by atoms with Gasteiger partial charge >= 0.3 is 0 Å². The zero-order valence-electron chi connectivity index (χ0n) is 4.81. The Hall–Kier alpha value is 0.600. The molecular weight excluding hydrogens is 142 g/mol. The van der Waals surface area contributed by atoms with Gasteiger partial charge in [-0.15, -0.1) is 0 Å². The first kappa shape index (κ1) is 8.60. The largest absolute Gasteiger partial charge is 1.00 e. The van der Waals surface area contributed by atoms with Crippen LogP contribution in [0.2, 0.25) is 0 Å². The number of thiol groups is 1. The summed E-state index contributed by atoms with van der Waals surface area (Å²) in [7, 11) is 0. The molecule has 0 radical (unpaired) electrons. The van der Waals surface area contributed by atoms with E-state index in [1.165, 1.54) is 12.8 Å². The summed E-state index contributed by atoms with van der Waals surface area (Å²) in [5.74, 6) is 0.836. The Bertz CT molecular complexity index is 67.4. The van der Waals surface area contributed by atoms with Crippen LogP contribution in [0.15, 0.2) is 0 Å². The van der Waals surface area contributed by atoms with E-state index in [0.717, 1.165) is 12.5 Å². The summed E-state index contributed by atoms with van der Waals surface area (Å²) in [5, 5.41) is 0.678. The summed E-state index contributed by atoms with van der Waals surface area (Å²) in [6, 6.07) is 0. The molecule has 0 saturated heterocycles. The quantitative estimate of drug-likeness (QED) is 0.375. The number of hydrogen-bond donors (Lipinski definition) is 2. The number of hydrogen-bond acceptors (Lipinski definition) is 1. The van der Waals surface area contributed by atoms with Crippen molar-refractivity contribution < 1.29 is 18.1 Å². The average molecular weight is 154 g/mol. The van der Waals surface area contributed by atoms with E-state index in [9.17, 15) is 0 Å². The van der Waals surface area contributed by atoms with Gasteiger partial charge < -0.3 is 18.1 Å². The molecule has 1 nitrogen and oxygen atoms in total. The van der Waals surface area contributed by atoms with Crippen molar-refractivity contribution in [2.45, 2.75) is 18.1 Å². The Morgan fingerprint density at radius 1 is 1.50 bits per heavy atom. The van der Waals surface area contributed by atoms with Crippen LogP contribution in [0.3, 0.4) is 0 Å². The molecule has 0 spiro atoms. The third-order valence-electron chi connectivity index (χ3n) is 1.75. The number of rotatable bonds is 1. The second-order valence-corrected chi connectivity index (χ2v) is 2.86. The molecule has 1 aliphatic carbocycles. The van der Waals surface area contributed by atoms with Gasteiger partial charge in [0.25, 0.3) is 0 Å². The molecule has 1 aliphatic rings. The lowest BCUT2D eigenvalue weighted by molar-refractivity contribution is -0.382. The van der Waals surface area contributed by atoms with Gasteiger partial charge in [0.05, 0.1) is 6.54 Å². The van der Waals surface area contributed by atoms with E-state index in [0.29, 0.717) is 5.25 Å². The van der Waals surface area contributed by atoms with Gasteiger partial charge in [-0.05, 0) is 12.8 Å². The first-order valence-corrected chi connectivity index (χ1v) is 3.33. The van der Waals surface area contributed by atoms with Gasteiger partial charge in [-0.25, -0.2) is 0 Å². The second-order valence-electron chi connectivity index (χ2n) is 2.19. The summed E-state index contributed by atoms with van der Waals surface area (Å²) >= 11 is 4.32. The van der Waals surface area contributed by atoms with Crippen LogP contribution >= 0.6 is 12.6 Å². The van der Waals surface area contributed by atoms with Gasteiger partial charge in [0.2, 0.25) is 0 Å². The molecule has 0 amide bonds. The molecule has 1 rings (SSSR count). The van der Waals surface area contributed by atoms with Crippen molar-refractivity contribution in [2.75, 3.05) is 6.54 Å². The highest BCUT2D eigenvalue weighted by atomic mass is 35.5. The fraction of sp³-hybridized carbons (Fsp3) is 1.00. The van der Waals surface area contributed by atoms with Crippen LogP contribution in [-0.2, 0) is 0 Å². The van der Waals surface area contributed by atoms with E-state index < -0.39 is 0 Å². The van der Waals surface area contributed by atoms with Crippen LogP contribution in [0.5, 0.6) is 0 Å². The molecular formula is C5H12ClNS. The Kier molecular flexibility index (Phi) is 3.86. The Balaban J connectivity index is 0.000000490. The Morgan fingerprint density at radius 3 is 2.12 bits per heavy atom. The topological polar surface area (TPSA) is 27.6 Å². The highest BCUT2D eigenvalue weighted by Gasteiger charge is 2.27. The molecule has 1 saturated carbocycles. The standard InChI is InChI=1S/C5H11NS.ClH/c6-3-4-1-2-5(4)7;/h4-5,7H,1-3,6H2;1H/t4-,5-;/m1./s1. The molecule has 3 heteroatoms. The molecule has 0 aliphatic heterocycles. The van der Waals surface area contributed by atoms with Crippen molar-refractivity contribution in [3.63, 3.8) is 0 Å². The van der Waals surface area contributed by atoms with Gasteiger partial charge in [0, 0.05) is 11.2 Å². The summed E-state index contributed by atoms with van der Waals surface area (Å²) in [6.45, 7) is 1.08. The summed E-state index contributed by atoms with van der Waals surface area (Å²) < 4.78 is 0. The minimum Gasteiger partial charge on any atom is -1.00 e. The van der Waals surface area contributed by atoms with Gasteiger partial charge in [-0.3, -0.25) is 0 Å². The minimum absolute atomic E-state index is 0. The molecule has 0 aromatic heterocycles. The molecule has 50 valence electrons. The average Bonchev–Trinajstić information content (AvgIpc) is 1.65. The summed E-state index contributed by atoms with van der Waals surface area (Å²) in [4.78, 5) is 0. The van der Waals surface area contributed by atoms with E-state index in [2.05, 4.69) is 18.4 Å². The number of quaternary nitrogens is 1. The number of halogens is 1. The van der Waals surface area contributed by atoms with Crippen LogP contribution < -0.4 is 18.1 Å². The molecule has 2 atom stereocenters. The van der Waals surface area contributed by atoms with Gasteiger partial charge in [0.1, 0.15) is 0 Å². The molecule has 8 heavy (non-hydrogen) atoms. The lowest BCUT2D eigenvalue weighted by Crippen LogP contribution is -3.00. The maximum atomic E-state index is 4.32. The first-order valence-electron chi connectivity index (χ1n) is 2.82. The lowest BCUT2D eigenvalue weighted by atomic mass is 9.85. The van der Waals surface area contributed by atoms with Crippen molar-refractivity contribution in [1.29, 1.82) is 0 Å². The van der Waals surface area contributed by atoms with Crippen molar-refractivity contribution in [3.05, 3.63) is 0 Å². The Labute approximate surface area is 61.8 Å². The maximum absolute atomic E-state index is 4.32. The first-order chi connectivity index (χ1) is 3.34. The lowest BCUT2D eigenvalue weighted by Gasteiger charge is -2.29. The molecule has 0 aromatic rings. The van der Waals surface area contributed by atoms with Gasteiger partial charge in [-0.2, -0.15) is 12.6 Å². The van der Waals surface area contributed by atoms with Crippen molar-refractivity contribution in [2.24, 2.45) is 5.92 Å². The third-order valence-corrected chi connectivity index (χ3v) is 2.43. The fourth-order valence-corrected chi connectivity index (χ4v) is 1.34. The minimum atomic E-state index is 0. The maximum Gasteiger partial charge on any atom is 0.0779 e. The molecule has 3 N–H and O–H groups in total. The summed E-state index contributed by atoms with van der Waals surface area (Å²) in [6.07, 6.45) is 2.67. The van der Waals surface area contributed by atoms with E-state index >= 15 is 0 Å². The molecule has 0 aromatic carbocycles. The predicted octanol–water partition coefficient (Wildman–Crippen LogP) is -3.06. The normalized spacial score (nSPS) is 35.2. The van der Waals surface area contributed by atoms with E-state index in [1.807, 2.05) is 0 Å². The van der Waals surface area contributed by atoms with Crippen LogP contribution in [0.1, 0.15) is 12.8 Å². The van der Waals surface area contributed by atoms with E-state index in [-0.39, 0.29) is 12.4 Å². The van der Waals surface area contributed by atoms with Crippen LogP contribution in [0.25, 0.3) is 0 Å². The van der Waals surface area contributed by atoms with E-state index in [4.69, 9.17) is 0 Å². The Morgan fingerprint density at radius 2 is 2.12 bits per heavy atom. The highest BCUT2D eigenvalue weighted by molar-refractivity contribution is 7.81. The third kappa shape index (κ3) is 1.54. The van der Waals surface area contributed by atoms with Crippen LogP contribution in [0, 0.1) is 5.92 Å². The zero-order chi connectivity index (χ0) is 5.28. The molecule has 0 bridgehead atoms. The van der Waals surface area contributed by atoms with Crippen LogP contribution in [-0.4, -0.2) is 11.8 Å². The van der Waals surface area contributed by atoms with Gasteiger partial charge in [0.15, 0.2) is 0 Å². The monoisotopic (exact) mass is 153 g/mol. The van der Waals surface area contributed by atoms with E-state index in [1.54, 1.807) is 0 Å². The predicted molar refractivity (Wildman–Crippen MR) is 33.3 cm³/mol. The molecule has 0 unspecified atom stereocenters. The van der Waals surface area contributed by atoms with Crippen molar-refractivity contribution in [3.8, 4) is 0 Å². The molecule has 1 fully saturated rings. The van der Waals surface area contributed by atoms with Crippen LogP contribution in [0.4, 0.5) is 0 Å². The summed E-state index contributed by atoms with van der Waals surface area (Å²) in [5.41, 5.74) is 3.81. The fourth-order valence-electron chi connectivity index (χ4n) is 0.888. The highest BCUT2D eigenvalue weighted by Crippen LogP contribution is 2.30. The SMILES string of the molecule is [Cl-].[NH3+]C[C@H]1CC[C@H]1S.